The summed E-state index contributed by atoms with van der Waals surface area (Å²) in [5.41, 5.74) is 7.38. The molecule has 13 heteroatoms. The summed E-state index contributed by atoms with van der Waals surface area (Å²) in [6, 6.07) is 10.5. The van der Waals surface area contributed by atoms with Gasteiger partial charge in [-0.25, -0.2) is 9.97 Å². The fourth-order valence-electron chi connectivity index (χ4n) is 8.80. The molecule has 0 radical (unpaired) electrons. The van der Waals surface area contributed by atoms with Crippen molar-refractivity contribution in [1.29, 1.82) is 0 Å². The minimum atomic E-state index is -0.330. The van der Waals surface area contributed by atoms with Crippen LogP contribution in [0.25, 0.3) is 11.3 Å². The maximum atomic E-state index is 13.9. The van der Waals surface area contributed by atoms with Gasteiger partial charge in [0.05, 0.1) is 36.1 Å². The van der Waals surface area contributed by atoms with Gasteiger partial charge in [0, 0.05) is 86.7 Å². The van der Waals surface area contributed by atoms with Crippen LogP contribution >= 0.6 is 0 Å². The number of fused-ring (bicyclic) bond motifs is 3. The highest BCUT2D eigenvalue weighted by atomic mass is 16.5. The number of nitrogens with one attached hydrogen (secondary N) is 2. The first-order valence-corrected chi connectivity index (χ1v) is 19.0. The zero-order chi connectivity index (χ0) is 37.6. The molecule has 0 bridgehead atoms. The Kier molecular flexibility index (Phi) is 9.71. The van der Waals surface area contributed by atoms with Gasteiger partial charge in [0.25, 0.3) is 5.91 Å². The number of hydrogen-bond donors (Lipinski definition) is 3. The maximum absolute atomic E-state index is 13.9. The van der Waals surface area contributed by atoms with E-state index in [1.54, 1.807) is 29.6 Å². The van der Waals surface area contributed by atoms with Crippen molar-refractivity contribution < 1.29 is 19.4 Å². The zero-order valence-electron chi connectivity index (χ0n) is 31.3. The van der Waals surface area contributed by atoms with Gasteiger partial charge in [0.2, 0.25) is 5.91 Å². The number of hydrogen-bond acceptors (Lipinski definition) is 10. The summed E-state index contributed by atoms with van der Waals surface area (Å²) in [5, 5.41) is 17.1. The predicted octanol–water partition coefficient (Wildman–Crippen LogP) is 5.18. The Bertz CT molecular complexity index is 2090. The van der Waals surface area contributed by atoms with Crippen molar-refractivity contribution >= 4 is 40.5 Å². The summed E-state index contributed by atoms with van der Waals surface area (Å²) < 4.78 is 7.76. The highest BCUT2D eigenvalue weighted by molar-refractivity contribution is 6.06. The first-order valence-electron chi connectivity index (χ1n) is 19.0. The molecule has 54 heavy (non-hydrogen) atoms. The van der Waals surface area contributed by atoms with Crippen molar-refractivity contribution in [3.63, 3.8) is 0 Å². The first-order chi connectivity index (χ1) is 26.1. The molecule has 1 aliphatic carbocycles. The summed E-state index contributed by atoms with van der Waals surface area (Å²) in [6.45, 7) is 15.6. The molecule has 2 fully saturated rings. The first kappa shape index (κ1) is 35.9. The van der Waals surface area contributed by atoms with Crippen LogP contribution in [0.5, 0.6) is 0 Å². The van der Waals surface area contributed by atoms with Gasteiger partial charge < -0.3 is 29.9 Å². The number of amides is 2. The Labute approximate surface area is 316 Å². The Morgan fingerprint density at radius 1 is 1.09 bits per heavy atom. The monoisotopic (exact) mass is 731 g/mol. The van der Waals surface area contributed by atoms with Crippen molar-refractivity contribution in [2.75, 3.05) is 59.8 Å². The van der Waals surface area contributed by atoms with Gasteiger partial charge >= 0.3 is 0 Å². The van der Waals surface area contributed by atoms with Crippen molar-refractivity contribution in [3.8, 4) is 11.3 Å². The van der Waals surface area contributed by atoms with E-state index in [2.05, 4.69) is 62.3 Å². The molecule has 3 aliphatic heterocycles. The number of nitrogens with zero attached hydrogens (tertiary/aromatic N) is 7. The van der Waals surface area contributed by atoms with Gasteiger partial charge in [0.1, 0.15) is 17.3 Å². The van der Waals surface area contributed by atoms with E-state index in [9.17, 15) is 14.7 Å². The number of aromatic nitrogens is 4. The minimum Gasteiger partial charge on any atom is -0.392 e. The Morgan fingerprint density at radius 3 is 2.70 bits per heavy atom. The molecule has 13 nitrogen and oxygen atoms in total. The number of aliphatic hydroxyl groups excluding tert-OH is 1. The lowest BCUT2D eigenvalue weighted by atomic mass is 9.90. The van der Waals surface area contributed by atoms with Crippen LogP contribution in [0.4, 0.5) is 28.7 Å². The number of aliphatic hydroxyl groups is 1. The average molecular weight is 732 g/mol. The highest BCUT2D eigenvalue weighted by Gasteiger charge is 2.38. The normalized spacial score (nSPS) is 20.1. The number of piperazine rings is 1. The summed E-state index contributed by atoms with van der Waals surface area (Å²) in [4.78, 5) is 47.1. The van der Waals surface area contributed by atoms with Crippen molar-refractivity contribution in [2.45, 2.75) is 71.7 Å². The summed E-state index contributed by atoms with van der Waals surface area (Å²) >= 11 is 0. The number of ether oxygens (including phenoxy) is 1. The molecule has 2 amide bonds. The second kappa shape index (κ2) is 14.6. The lowest BCUT2D eigenvalue weighted by molar-refractivity contribution is -0.111. The molecule has 4 aliphatic rings. The van der Waals surface area contributed by atoms with Gasteiger partial charge in [-0.15, -0.1) is 0 Å². The van der Waals surface area contributed by atoms with Crippen LogP contribution < -0.4 is 20.4 Å². The smallest absolute Gasteiger partial charge is 0.276 e. The third-order valence-corrected chi connectivity index (χ3v) is 11.4. The number of carbonyl (C=O) groups excluding carboxylic acids is 2. The van der Waals surface area contributed by atoms with E-state index in [4.69, 9.17) is 9.72 Å². The van der Waals surface area contributed by atoms with Crippen molar-refractivity contribution in [1.82, 2.24) is 24.4 Å². The maximum Gasteiger partial charge on any atom is 0.276 e. The Morgan fingerprint density at radius 2 is 1.93 bits per heavy atom. The molecule has 282 valence electrons. The lowest BCUT2D eigenvalue weighted by Gasteiger charge is -2.45. The van der Waals surface area contributed by atoms with Gasteiger partial charge in [-0.3, -0.25) is 24.4 Å². The number of anilines is 5. The van der Waals surface area contributed by atoms with Crippen molar-refractivity contribution in [3.05, 3.63) is 84.1 Å². The predicted molar refractivity (Wildman–Crippen MR) is 209 cm³/mol. The molecule has 8 rings (SSSR count). The molecular weight excluding hydrogens is 683 g/mol. The lowest BCUT2D eigenvalue weighted by Crippen LogP contribution is -2.56. The minimum absolute atomic E-state index is 0.118. The molecule has 6 heterocycles. The van der Waals surface area contributed by atoms with Crippen LogP contribution in [0, 0.1) is 5.41 Å². The molecule has 0 spiro atoms. The third-order valence-electron chi connectivity index (χ3n) is 11.4. The van der Waals surface area contributed by atoms with Crippen LogP contribution in [0.3, 0.4) is 0 Å². The summed E-state index contributed by atoms with van der Waals surface area (Å²) in [5.74, 6) is 0.496. The van der Waals surface area contributed by atoms with Crippen LogP contribution in [-0.4, -0.2) is 92.8 Å². The van der Waals surface area contributed by atoms with E-state index in [-0.39, 0.29) is 29.9 Å². The highest BCUT2D eigenvalue weighted by Crippen LogP contribution is 2.40. The van der Waals surface area contributed by atoms with Gasteiger partial charge in [-0.2, -0.15) is 0 Å². The largest absolute Gasteiger partial charge is 0.392 e. The molecule has 4 aromatic rings. The van der Waals surface area contributed by atoms with E-state index in [1.807, 2.05) is 24.3 Å². The van der Waals surface area contributed by atoms with E-state index in [0.29, 0.717) is 64.7 Å². The molecule has 1 atom stereocenters. The molecule has 1 aromatic carbocycles. The number of pyridine rings is 1. The van der Waals surface area contributed by atoms with Gasteiger partial charge in [-0.05, 0) is 80.0 Å². The van der Waals surface area contributed by atoms with E-state index in [1.165, 1.54) is 17.3 Å². The Balaban J connectivity index is 1.03. The van der Waals surface area contributed by atoms with Crippen LogP contribution in [0.15, 0.2) is 61.6 Å². The van der Waals surface area contributed by atoms with E-state index in [0.717, 1.165) is 64.2 Å². The second-order valence-corrected chi connectivity index (χ2v) is 15.7. The molecule has 0 saturated carbocycles. The fourth-order valence-corrected chi connectivity index (χ4v) is 8.80. The molecular formula is C41H49N9O4. The van der Waals surface area contributed by atoms with Gasteiger partial charge in [-0.1, -0.05) is 20.4 Å². The molecule has 3 aromatic heterocycles. The molecule has 3 N–H and O–H groups in total. The fraction of sp³-hybridized carbons (Fsp3) is 0.439. The van der Waals surface area contributed by atoms with Crippen LogP contribution in [0.2, 0.25) is 0 Å². The molecule has 2 saturated heterocycles. The summed E-state index contributed by atoms with van der Waals surface area (Å²) in [6.07, 6.45) is 10.2. The average Bonchev–Trinajstić information content (AvgIpc) is 3.67. The number of rotatable bonds is 9. The zero-order valence-corrected chi connectivity index (χ0v) is 31.3. The topological polar surface area (TPSA) is 141 Å². The van der Waals surface area contributed by atoms with E-state index < -0.39 is 0 Å². The third kappa shape index (κ3) is 6.87. The summed E-state index contributed by atoms with van der Waals surface area (Å²) in [7, 11) is 0. The second-order valence-electron chi connectivity index (χ2n) is 15.7. The Hall–Kier alpha value is -5.11. The van der Waals surface area contributed by atoms with E-state index >= 15 is 0 Å². The molecule has 0 unspecified atom stereocenters. The van der Waals surface area contributed by atoms with Gasteiger partial charge in [0.15, 0.2) is 0 Å². The number of carbonyl (C=O) groups is 2. The van der Waals surface area contributed by atoms with Crippen LogP contribution in [0.1, 0.15) is 60.9 Å². The van der Waals surface area contributed by atoms with Crippen LogP contribution in [-0.2, 0) is 35.5 Å². The standard InChI is InChI=1S/C41H49N9O4/c1-5-38(52)46-32-19-28(6-7-34(32)48-13-12-47(24-26(48)2)29-9-16-54-17-10-29)44-37-23-42-22-33(45-37)30-8-11-43-39(31(30)25-51)50-15-14-49-35(40(50)53)18-27-20-41(3,4)21-36(27)49/h5-8,11,18-19,22-23,26,29,51H,1,9-10,12-17,20-21,24-25H2,2-4H3,(H,44,45)(H,46,52)/t26-/m0/s1. The quantitative estimate of drug-likeness (QED) is 0.198. The SMILES string of the molecule is C=CC(=O)Nc1cc(Nc2cncc(-c3ccnc(N4CCn5c(cc6c5CC(C)(C)C6)C4=O)c3CO)n2)ccc1N1CCN(C2CCOCC2)C[C@@H]1C. The van der Waals surface area contributed by atoms with Crippen molar-refractivity contribution in [2.24, 2.45) is 5.41 Å². The number of benzene rings is 1.